The van der Waals surface area contributed by atoms with Gasteiger partial charge in [-0.05, 0) is 12.5 Å². The molecule has 0 aromatic heterocycles. The minimum atomic E-state index is -0.498. The minimum Gasteiger partial charge on any atom is -0.351 e. The van der Waals surface area contributed by atoms with Gasteiger partial charge in [-0.2, -0.15) is 0 Å². The average molecular weight is 274 g/mol. The first-order valence-electron chi connectivity index (χ1n) is 6.82. The van der Waals surface area contributed by atoms with Crippen LogP contribution in [0.4, 0.5) is 0 Å². The van der Waals surface area contributed by atoms with E-state index in [1.165, 1.54) is 0 Å². The largest absolute Gasteiger partial charge is 0.351 e. The maximum absolute atomic E-state index is 12.1. The molecule has 0 saturated heterocycles. The number of nitrogens with zero attached hydrogens (tertiary/aromatic N) is 1. The number of amides is 2. The third-order valence-electron chi connectivity index (χ3n) is 3.09. The highest BCUT2D eigenvalue weighted by atomic mass is 16.2. The van der Waals surface area contributed by atoms with E-state index in [0.29, 0.717) is 19.5 Å². The lowest BCUT2D eigenvalue weighted by Crippen LogP contribution is -2.47. The van der Waals surface area contributed by atoms with E-state index in [1.54, 1.807) is 24.8 Å². The summed E-state index contributed by atoms with van der Waals surface area (Å²) in [5, 5.41) is 2.73. The maximum atomic E-state index is 12.1. The van der Waals surface area contributed by atoms with Crippen LogP contribution < -0.4 is 5.32 Å². The molecule has 108 valence electrons. The van der Waals surface area contributed by atoms with Crippen molar-refractivity contribution < 1.29 is 9.59 Å². The monoisotopic (exact) mass is 274 g/mol. The van der Waals surface area contributed by atoms with Gasteiger partial charge in [0.25, 0.3) is 0 Å². The molecule has 0 unspecified atom stereocenters. The molecule has 4 nitrogen and oxygen atoms in total. The molecule has 0 bridgehead atoms. The Morgan fingerprint density at radius 2 is 2.00 bits per heavy atom. The molecule has 0 saturated carbocycles. The first-order chi connectivity index (χ1) is 9.60. The van der Waals surface area contributed by atoms with Crippen LogP contribution in [-0.2, 0) is 16.1 Å². The molecule has 0 aliphatic heterocycles. The molecule has 1 aromatic rings. The smallest absolute Gasteiger partial charge is 0.242 e. The van der Waals surface area contributed by atoms with E-state index in [4.69, 9.17) is 0 Å². The summed E-state index contributed by atoms with van der Waals surface area (Å²) in [5.74, 6) is -0.197. The van der Waals surface area contributed by atoms with Gasteiger partial charge in [0.05, 0.1) is 0 Å². The lowest BCUT2D eigenvalue weighted by Gasteiger charge is -2.28. The second-order valence-corrected chi connectivity index (χ2v) is 4.57. The van der Waals surface area contributed by atoms with E-state index in [1.807, 2.05) is 30.3 Å². The van der Waals surface area contributed by atoms with Crippen LogP contribution in [0.2, 0.25) is 0 Å². The van der Waals surface area contributed by atoms with Gasteiger partial charge < -0.3 is 10.2 Å². The fraction of sp³-hybridized carbons (Fsp3) is 0.375. The van der Waals surface area contributed by atoms with Crippen molar-refractivity contribution >= 4 is 11.8 Å². The summed E-state index contributed by atoms with van der Waals surface area (Å²) in [6.45, 7) is 7.95. The second-order valence-electron chi connectivity index (χ2n) is 4.57. The van der Waals surface area contributed by atoms with Crippen molar-refractivity contribution in [2.45, 2.75) is 32.9 Å². The van der Waals surface area contributed by atoms with Crippen molar-refractivity contribution in [1.29, 1.82) is 0 Å². The zero-order chi connectivity index (χ0) is 15.0. The Hall–Kier alpha value is -2.10. The summed E-state index contributed by atoms with van der Waals surface area (Å²) in [5.41, 5.74) is 1.01. The lowest BCUT2D eigenvalue weighted by atomic mass is 10.1. The summed E-state index contributed by atoms with van der Waals surface area (Å²) in [4.78, 5) is 25.7. The van der Waals surface area contributed by atoms with Crippen molar-refractivity contribution in [3.8, 4) is 0 Å². The summed E-state index contributed by atoms with van der Waals surface area (Å²) in [6, 6.07) is 9.17. The molecule has 0 aliphatic rings. The Labute approximate surface area is 120 Å². The van der Waals surface area contributed by atoms with Crippen LogP contribution in [0.15, 0.2) is 43.0 Å². The molecule has 1 N–H and O–H groups in total. The highest BCUT2D eigenvalue weighted by Crippen LogP contribution is 2.10. The van der Waals surface area contributed by atoms with Gasteiger partial charge in [0, 0.05) is 19.5 Å². The van der Waals surface area contributed by atoms with E-state index in [9.17, 15) is 9.59 Å². The average Bonchev–Trinajstić information content (AvgIpc) is 2.49. The van der Waals surface area contributed by atoms with Gasteiger partial charge in [-0.1, -0.05) is 43.3 Å². The Morgan fingerprint density at radius 3 is 2.55 bits per heavy atom. The molecule has 0 fully saturated rings. The summed E-state index contributed by atoms with van der Waals surface area (Å²) < 4.78 is 0. The zero-order valence-corrected chi connectivity index (χ0v) is 12.1. The molecule has 0 spiro atoms. The third-order valence-corrected chi connectivity index (χ3v) is 3.09. The first-order valence-corrected chi connectivity index (χ1v) is 6.82. The van der Waals surface area contributed by atoms with Gasteiger partial charge in [-0.3, -0.25) is 9.59 Å². The second kappa shape index (κ2) is 8.15. The van der Waals surface area contributed by atoms with E-state index in [0.717, 1.165) is 5.56 Å². The number of carbonyl (C=O) groups is 2. The van der Waals surface area contributed by atoms with Gasteiger partial charge in [0.15, 0.2) is 0 Å². The molecular weight excluding hydrogens is 252 g/mol. The summed E-state index contributed by atoms with van der Waals surface area (Å²) in [7, 11) is 0. The van der Waals surface area contributed by atoms with Crippen LogP contribution in [-0.4, -0.2) is 29.3 Å². The van der Waals surface area contributed by atoms with Crippen LogP contribution in [0.5, 0.6) is 0 Å². The normalized spacial score (nSPS) is 11.5. The molecule has 0 radical (unpaired) electrons. The van der Waals surface area contributed by atoms with Gasteiger partial charge in [-0.15, -0.1) is 6.58 Å². The fourth-order valence-corrected chi connectivity index (χ4v) is 1.89. The predicted octanol–water partition coefficient (Wildman–Crippen LogP) is 2.12. The molecular formula is C16H22N2O2. The number of rotatable bonds is 7. The van der Waals surface area contributed by atoms with E-state index in [2.05, 4.69) is 11.9 Å². The van der Waals surface area contributed by atoms with Crippen molar-refractivity contribution in [1.82, 2.24) is 10.2 Å². The molecule has 20 heavy (non-hydrogen) atoms. The third kappa shape index (κ3) is 4.53. The molecule has 1 rings (SSSR count). The zero-order valence-electron chi connectivity index (χ0n) is 12.1. The highest BCUT2D eigenvalue weighted by Gasteiger charge is 2.24. The molecule has 1 aromatic carbocycles. The SMILES string of the molecule is C=CCNC(=O)[C@@H](C)N(Cc1ccccc1)C(=O)CC. The first kappa shape index (κ1) is 16.0. The molecule has 0 aliphatic carbocycles. The van der Waals surface area contributed by atoms with Crippen LogP contribution in [0.3, 0.4) is 0 Å². The number of hydrogen-bond acceptors (Lipinski definition) is 2. The lowest BCUT2D eigenvalue weighted by molar-refractivity contribution is -0.140. The number of nitrogens with one attached hydrogen (secondary N) is 1. The van der Waals surface area contributed by atoms with Crippen LogP contribution in [0, 0.1) is 0 Å². The molecule has 0 heterocycles. The van der Waals surface area contributed by atoms with Crippen molar-refractivity contribution in [2.75, 3.05) is 6.54 Å². The van der Waals surface area contributed by atoms with E-state index in [-0.39, 0.29) is 11.8 Å². The van der Waals surface area contributed by atoms with Gasteiger partial charge in [-0.25, -0.2) is 0 Å². The Morgan fingerprint density at radius 1 is 1.35 bits per heavy atom. The number of hydrogen-bond donors (Lipinski definition) is 1. The molecule has 1 atom stereocenters. The van der Waals surface area contributed by atoms with Crippen LogP contribution in [0.1, 0.15) is 25.8 Å². The van der Waals surface area contributed by atoms with Crippen LogP contribution >= 0.6 is 0 Å². The Kier molecular flexibility index (Phi) is 6.50. The Balaban J connectivity index is 2.81. The predicted molar refractivity (Wildman–Crippen MR) is 80.0 cm³/mol. The Bertz CT molecular complexity index is 457. The van der Waals surface area contributed by atoms with Gasteiger partial charge >= 0.3 is 0 Å². The van der Waals surface area contributed by atoms with Gasteiger partial charge in [0.2, 0.25) is 11.8 Å². The van der Waals surface area contributed by atoms with Crippen molar-refractivity contribution in [3.63, 3.8) is 0 Å². The summed E-state index contributed by atoms with van der Waals surface area (Å²) >= 11 is 0. The number of benzene rings is 1. The van der Waals surface area contributed by atoms with Crippen LogP contribution in [0.25, 0.3) is 0 Å². The standard InChI is InChI=1S/C16H22N2O2/c1-4-11-17-16(20)13(3)18(15(19)5-2)12-14-9-7-6-8-10-14/h4,6-10,13H,1,5,11-12H2,2-3H3,(H,17,20)/t13-/m1/s1. The van der Waals surface area contributed by atoms with Crippen molar-refractivity contribution in [2.24, 2.45) is 0 Å². The van der Waals surface area contributed by atoms with Crippen molar-refractivity contribution in [3.05, 3.63) is 48.6 Å². The minimum absolute atomic E-state index is 0.0323. The quantitative estimate of drug-likeness (QED) is 0.774. The number of carbonyl (C=O) groups excluding carboxylic acids is 2. The van der Waals surface area contributed by atoms with Gasteiger partial charge in [0.1, 0.15) is 6.04 Å². The summed E-state index contributed by atoms with van der Waals surface area (Å²) in [6.07, 6.45) is 2.00. The molecule has 2 amide bonds. The fourth-order valence-electron chi connectivity index (χ4n) is 1.89. The van der Waals surface area contributed by atoms with E-state index >= 15 is 0 Å². The topological polar surface area (TPSA) is 49.4 Å². The molecule has 4 heteroatoms. The van der Waals surface area contributed by atoms with E-state index < -0.39 is 6.04 Å². The highest BCUT2D eigenvalue weighted by molar-refractivity contribution is 5.87. The maximum Gasteiger partial charge on any atom is 0.242 e.